The molecule has 1 unspecified atom stereocenters. The minimum absolute atomic E-state index is 0.130. The smallest absolute Gasteiger partial charge is 0.137 e. The van der Waals surface area contributed by atoms with Gasteiger partial charge in [0.05, 0.1) is 4.47 Å². The van der Waals surface area contributed by atoms with Crippen LogP contribution < -0.4 is 5.73 Å². The summed E-state index contributed by atoms with van der Waals surface area (Å²) in [4.78, 5) is 0. The van der Waals surface area contributed by atoms with Crippen molar-refractivity contribution in [3.63, 3.8) is 0 Å². The summed E-state index contributed by atoms with van der Waals surface area (Å²) >= 11 is 3.27. The van der Waals surface area contributed by atoms with Gasteiger partial charge in [-0.3, -0.25) is 0 Å². The zero-order valence-electron chi connectivity index (χ0n) is 10.4. The summed E-state index contributed by atoms with van der Waals surface area (Å²) in [5.74, 6) is -0.208. The maximum Gasteiger partial charge on any atom is 0.137 e. The fraction of sp³-hybridized carbons (Fsp3) is 0.571. The van der Waals surface area contributed by atoms with Crippen molar-refractivity contribution in [2.24, 2.45) is 5.73 Å². The van der Waals surface area contributed by atoms with Gasteiger partial charge in [-0.15, -0.1) is 0 Å². The monoisotopic (exact) mass is 301 g/mol. The van der Waals surface area contributed by atoms with E-state index in [2.05, 4.69) is 22.9 Å². The molecule has 0 aliphatic carbocycles. The van der Waals surface area contributed by atoms with Crippen molar-refractivity contribution >= 4 is 15.9 Å². The Hall–Kier alpha value is -0.410. The molecule has 0 spiro atoms. The van der Waals surface area contributed by atoms with Crippen LogP contribution in [0.2, 0.25) is 0 Å². The van der Waals surface area contributed by atoms with Gasteiger partial charge < -0.3 is 5.73 Å². The highest BCUT2D eigenvalue weighted by atomic mass is 79.9. The quantitative estimate of drug-likeness (QED) is 0.741. The van der Waals surface area contributed by atoms with Gasteiger partial charge in [0.1, 0.15) is 5.82 Å². The summed E-state index contributed by atoms with van der Waals surface area (Å²) in [5.41, 5.74) is 7.03. The van der Waals surface area contributed by atoms with E-state index in [1.807, 2.05) is 6.07 Å². The van der Waals surface area contributed by atoms with E-state index in [1.165, 1.54) is 31.7 Å². The molecule has 1 aromatic carbocycles. The molecule has 0 radical (unpaired) electrons. The molecule has 0 saturated carbocycles. The fourth-order valence-electron chi connectivity index (χ4n) is 1.92. The van der Waals surface area contributed by atoms with Gasteiger partial charge in [0.15, 0.2) is 0 Å². The number of rotatable bonds is 7. The molecule has 0 bridgehead atoms. The van der Waals surface area contributed by atoms with E-state index in [-0.39, 0.29) is 11.9 Å². The molecule has 0 saturated heterocycles. The third-order valence-corrected chi connectivity index (χ3v) is 3.83. The first kappa shape index (κ1) is 14.7. The van der Waals surface area contributed by atoms with Crippen LogP contribution in [-0.4, -0.2) is 6.04 Å². The number of hydrogen-bond donors (Lipinski definition) is 1. The number of nitrogens with two attached hydrogens (primary N) is 1. The van der Waals surface area contributed by atoms with Crippen molar-refractivity contribution in [3.8, 4) is 0 Å². The second-order valence-electron chi connectivity index (χ2n) is 4.53. The Morgan fingerprint density at radius 1 is 1.29 bits per heavy atom. The van der Waals surface area contributed by atoms with Crippen LogP contribution in [0.4, 0.5) is 4.39 Å². The lowest BCUT2D eigenvalue weighted by Gasteiger charge is -2.13. The molecular formula is C14H21BrFN. The molecule has 0 aromatic heterocycles. The van der Waals surface area contributed by atoms with Gasteiger partial charge in [0.25, 0.3) is 0 Å². The normalized spacial score (nSPS) is 12.7. The molecule has 1 rings (SSSR count). The summed E-state index contributed by atoms with van der Waals surface area (Å²) in [5, 5.41) is 0. The minimum atomic E-state index is -0.208. The Morgan fingerprint density at radius 3 is 2.76 bits per heavy atom. The molecule has 0 amide bonds. The van der Waals surface area contributed by atoms with E-state index in [9.17, 15) is 4.39 Å². The van der Waals surface area contributed by atoms with E-state index >= 15 is 0 Å². The van der Waals surface area contributed by atoms with Crippen molar-refractivity contribution < 1.29 is 4.39 Å². The van der Waals surface area contributed by atoms with Crippen molar-refractivity contribution in [1.29, 1.82) is 0 Å². The van der Waals surface area contributed by atoms with Gasteiger partial charge in [-0.25, -0.2) is 4.39 Å². The van der Waals surface area contributed by atoms with Crippen LogP contribution in [-0.2, 0) is 6.42 Å². The largest absolute Gasteiger partial charge is 0.327 e. The van der Waals surface area contributed by atoms with Gasteiger partial charge in [-0.05, 0) is 40.4 Å². The zero-order valence-corrected chi connectivity index (χ0v) is 12.0. The second kappa shape index (κ2) is 7.83. The predicted molar refractivity (Wildman–Crippen MR) is 74.5 cm³/mol. The second-order valence-corrected chi connectivity index (χ2v) is 5.32. The average molecular weight is 302 g/mol. The predicted octanol–water partition coefficient (Wildman–Crippen LogP) is 4.43. The molecule has 2 N–H and O–H groups in total. The summed E-state index contributed by atoms with van der Waals surface area (Å²) in [6.07, 6.45) is 6.69. The molecule has 0 heterocycles. The van der Waals surface area contributed by atoms with Crippen LogP contribution in [0.1, 0.15) is 44.6 Å². The first-order valence-corrected chi connectivity index (χ1v) is 7.13. The van der Waals surface area contributed by atoms with Crippen molar-refractivity contribution in [1.82, 2.24) is 0 Å². The third kappa shape index (κ3) is 5.17. The lowest BCUT2D eigenvalue weighted by molar-refractivity contribution is 0.543. The molecule has 3 heteroatoms. The molecule has 0 aliphatic heterocycles. The Morgan fingerprint density at radius 2 is 2.06 bits per heavy atom. The minimum Gasteiger partial charge on any atom is -0.327 e. The van der Waals surface area contributed by atoms with Crippen molar-refractivity contribution in [2.45, 2.75) is 51.5 Å². The fourth-order valence-corrected chi connectivity index (χ4v) is 2.35. The van der Waals surface area contributed by atoms with Gasteiger partial charge in [-0.2, -0.15) is 0 Å². The van der Waals surface area contributed by atoms with E-state index in [1.54, 1.807) is 6.07 Å². The van der Waals surface area contributed by atoms with Crippen LogP contribution in [0.25, 0.3) is 0 Å². The molecule has 0 fully saturated rings. The maximum absolute atomic E-state index is 13.3. The molecule has 1 nitrogen and oxygen atoms in total. The molecule has 0 aliphatic rings. The van der Waals surface area contributed by atoms with Crippen LogP contribution >= 0.6 is 15.9 Å². The Labute approximate surface area is 112 Å². The van der Waals surface area contributed by atoms with Gasteiger partial charge >= 0.3 is 0 Å². The standard InChI is InChI=1S/C14H21BrFN/c1-2-3-4-5-8-12(17)10-11-7-6-9-13(16)14(11)15/h6-7,9,12H,2-5,8,10,17H2,1H3. The van der Waals surface area contributed by atoms with Crippen LogP contribution in [0, 0.1) is 5.82 Å². The van der Waals surface area contributed by atoms with Crippen molar-refractivity contribution in [3.05, 3.63) is 34.1 Å². The molecule has 1 aromatic rings. The topological polar surface area (TPSA) is 26.0 Å². The molecule has 96 valence electrons. The third-order valence-electron chi connectivity index (χ3n) is 2.94. The lowest BCUT2D eigenvalue weighted by Crippen LogP contribution is -2.22. The van der Waals surface area contributed by atoms with E-state index in [0.717, 1.165) is 18.4 Å². The summed E-state index contributed by atoms with van der Waals surface area (Å²) < 4.78 is 13.9. The van der Waals surface area contributed by atoms with Crippen LogP contribution in [0.15, 0.2) is 22.7 Å². The maximum atomic E-state index is 13.3. The first-order chi connectivity index (χ1) is 8.15. The Kier molecular flexibility index (Phi) is 6.75. The summed E-state index contributed by atoms with van der Waals surface area (Å²) in [6.45, 7) is 2.20. The lowest BCUT2D eigenvalue weighted by atomic mass is 10.0. The first-order valence-electron chi connectivity index (χ1n) is 6.33. The van der Waals surface area contributed by atoms with E-state index < -0.39 is 0 Å². The van der Waals surface area contributed by atoms with Gasteiger partial charge in [0, 0.05) is 6.04 Å². The summed E-state index contributed by atoms with van der Waals surface area (Å²) in [6, 6.07) is 5.25. The number of unbranched alkanes of at least 4 members (excludes halogenated alkanes) is 3. The Bertz CT molecular complexity index is 341. The highest BCUT2D eigenvalue weighted by molar-refractivity contribution is 9.10. The number of halogens is 2. The van der Waals surface area contributed by atoms with Gasteiger partial charge in [-0.1, -0.05) is 44.7 Å². The zero-order chi connectivity index (χ0) is 12.7. The van der Waals surface area contributed by atoms with Crippen molar-refractivity contribution in [2.75, 3.05) is 0 Å². The SMILES string of the molecule is CCCCCCC(N)Cc1cccc(F)c1Br. The number of benzene rings is 1. The summed E-state index contributed by atoms with van der Waals surface area (Å²) in [7, 11) is 0. The molecule has 1 atom stereocenters. The van der Waals surface area contributed by atoms with E-state index in [4.69, 9.17) is 5.73 Å². The van der Waals surface area contributed by atoms with Gasteiger partial charge in [0.2, 0.25) is 0 Å². The number of hydrogen-bond acceptors (Lipinski definition) is 1. The van der Waals surface area contributed by atoms with Crippen LogP contribution in [0.3, 0.4) is 0 Å². The molecule has 17 heavy (non-hydrogen) atoms. The molecular weight excluding hydrogens is 281 g/mol. The average Bonchev–Trinajstić information content (AvgIpc) is 2.31. The highest BCUT2D eigenvalue weighted by Gasteiger charge is 2.09. The Balaban J connectivity index is 2.39. The van der Waals surface area contributed by atoms with Crippen LogP contribution in [0.5, 0.6) is 0 Å². The van der Waals surface area contributed by atoms with E-state index in [0.29, 0.717) is 4.47 Å². The highest BCUT2D eigenvalue weighted by Crippen LogP contribution is 2.22.